The van der Waals surface area contributed by atoms with Crippen molar-refractivity contribution in [3.8, 4) is 33.6 Å². The summed E-state index contributed by atoms with van der Waals surface area (Å²) in [6.45, 7) is 1.25. The van der Waals surface area contributed by atoms with Crippen LogP contribution < -0.4 is 11.3 Å². The zero-order valence-corrected chi connectivity index (χ0v) is 19.0. The largest absolute Gasteiger partial charge is 0.398 e. The van der Waals surface area contributed by atoms with Crippen molar-refractivity contribution in [1.82, 2.24) is 34.9 Å². The highest BCUT2D eigenvalue weighted by atomic mass is 16.5. The lowest BCUT2D eigenvalue weighted by atomic mass is 9.93. The third-order valence-electron chi connectivity index (χ3n) is 6.64. The molecule has 1 fully saturated rings. The Morgan fingerprint density at radius 1 is 1.03 bits per heavy atom. The van der Waals surface area contributed by atoms with E-state index in [0.717, 1.165) is 33.2 Å². The summed E-state index contributed by atoms with van der Waals surface area (Å²) in [5, 5.41) is 13.0. The second-order valence-corrected chi connectivity index (χ2v) is 8.80. The lowest BCUT2D eigenvalue weighted by Crippen LogP contribution is -2.30. The summed E-state index contributed by atoms with van der Waals surface area (Å²) in [5.74, 6) is 0.422. The van der Waals surface area contributed by atoms with E-state index in [1.165, 1.54) is 0 Å². The summed E-state index contributed by atoms with van der Waals surface area (Å²) in [7, 11) is 0. The van der Waals surface area contributed by atoms with Gasteiger partial charge in [0.05, 0.1) is 53.8 Å². The predicted molar refractivity (Wildman–Crippen MR) is 136 cm³/mol. The zero-order chi connectivity index (χ0) is 24.2. The molecule has 36 heavy (non-hydrogen) atoms. The van der Waals surface area contributed by atoms with Crippen molar-refractivity contribution in [3.05, 3.63) is 77.7 Å². The number of pyridine rings is 1. The minimum Gasteiger partial charge on any atom is -0.398 e. The van der Waals surface area contributed by atoms with Crippen molar-refractivity contribution in [2.45, 2.75) is 6.04 Å². The first-order valence-electron chi connectivity index (χ1n) is 11.5. The van der Waals surface area contributed by atoms with Crippen LogP contribution in [0.4, 0.5) is 5.69 Å². The molecular weight excluding hydrogens is 456 g/mol. The molecule has 4 N–H and O–H groups in total. The Bertz CT molecular complexity index is 1820. The molecule has 10 nitrogen and oxygen atoms in total. The maximum absolute atomic E-state index is 13.5. The monoisotopic (exact) mass is 476 g/mol. The number of H-pyrrole nitrogens is 2. The Morgan fingerprint density at radius 2 is 1.94 bits per heavy atom. The normalized spacial score (nSPS) is 13.9. The van der Waals surface area contributed by atoms with Gasteiger partial charge in [-0.1, -0.05) is 12.1 Å². The van der Waals surface area contributed by atoms with Gasteiger partial charge in [0.1, 0.15) is 5.82 Å². The van der Waals surface area contributed by atoms with Gasteiger partial charge in [0.2, 0.25) is 0 Å². The van der Waals surface area contributed by atoms with Gasteiger partial charge in [0.15, 0.2) is 0 Å². The second kappa shape index (κ2) is 7.85. The number of ether oxygens (including phenoxy) is 1. The quantitative estimate of drug-likeness (QED) is 0.331. The van der Waals surface area contributed by atoms with Crippen LogP contribution in [0.15, 0.2) is 72.2 Å². The molecule has 0 spiro atoms. The minimum atomic E-state index is -0.321. The Hall–Kier alpha value is -4.83. The molecule has 1 aliphatic rings. The molecule has 1 aliphatic heterocycles. The molecule has 2 aromatic carbocycles. The molecule has 10 heteroatoms. The molecule has 6 aromatic rings. The molecule has 4 aromatic heterocycles. The average Bonchev–Trinajstić information content (AvgIpc) is 3.54. The number of nitrogens with two attached hydrogens (primary N) is 1. The number of hydrogen-bond acceptors (Lipinski definition) is 7. The van der Waals surface area contributed by atoms with Crippen LogP contribution in [0, 0.1) is 0 Å². The smallest absolute Gasteiger partial charge is 0.261 e. The van der Waals surface area contributed by atoms with Gasteiger partial charge in [-0.15, -0.1) is 0 Å². The SMILES string of the molecule is Nc1c(-c2cccc3[nH]ncc23)cc(-c2cnn(C3COC3)c2)c2nc(-c3cccnc3)[nH]c(=O)c12. The topological polar surface area (TPSA) is 140 Å². The standard InChI is InChI=1S/C26H20N8O2/c27-23-19(17-4-1-5-21-20(17)10-29-33-21)7-18(15-9-30-34(11-15)16-12-36-13-16)24-22(23)26(35)32-25(31-24)14-3-2-6-28-8-14/h1-11,16H,12-13,27H2,(H,29,33)(H,31,32,35). The number of aromatic nitrogens is 7. The van der Waals surface area contributed by atoms with E-state index in [0.29, 0.717) is 41.2 Å². The molecule has 176 valence electrons. The average molecular weight is 477 g/mol. The lowest BCUT2D eigenvalue weighted by molar-refractivity contribution is -0.0286. The van der Waals surface area contributed by atoms with E-state index in [1.807, 2.05) is 41.2 Å². The van der Waals surface area contributed by atoms with Gasteiger partial charge in [-0.25, -0.2) is 4.98 Å². The summed E-state index contributed by atoms with van der Waals surface area (Å²) in [6, 6.07) is 11.7. The summed E-state index contributed by atoms with van der Waals surface area (Å²) < 4.78 is 7.23. The fourth-order valence-electron chi connectivity index (χ4n) is 4.68. The van der Waals surface area contributed by atoms with E-state index < -0.39 is 0 Å². The number of fused-ring (bicyclic) bond motifs is 2. The molecule has 0 unspecified atom stereocenters. The fourth-order valence-corrected chi connectivity index (χ4v) is 4.68. The van der Waals surface area contributed by atoms with Gasteiger partial charge in [-0.2, -0.15) is 10.2 Å². The van der Waals surface area contributed by atoms with Crippen molar-refractivity contribution >= 4 is 27.5 Å². The van der Waals surface area contributed by atoms with Crippen LogP contribution >= 0.6 is 0 Å². The molecule has 0 amide bonds. The Morgan fingerprint density at radius 3 is 2.75 bits per heavy atom. The Balaban J connectivity index is 1.54. The number of rotatable bonds is 4. The molecule has 0 atom stereocenters. The molecular formula is C26H20N8O2. The van der Waals surface area contributed by atoms with Gasteiger partial charge in [0, 0.05) is 46.2 Å². The highest BCUT2D eigenvalue weighted by Gasteiger charge is 2.24. The van der Waals surface area contributed by atoms with Crippen LogP contribution in [0.1, 0.15) is 6.04 Å². The Kier molecular flexibility index (Phi) is 4.48. The van der Waals surface area contributed by atoms with Crippen molar-refractivity contribution in [3.63, 3.8) is 0 Å². The molecule has 7 rings (SSSR count). The van der Waals surface area contributed by atoms with Crippen LogP contribution in [0.25, 0.3) is 55.4 Å². The first-order valence-corrected chi connectivity index (χ1v) is 11.5. The highest BCUT2D eigenvalue weighted by Crippen LogP contribution is 2.40. The molecule has 5 heterocycles. The van der Waals surface area contributed by atoms with Crippen molar-refractivity contribution in [2.24, 2.45) is 0 Å². The van der Waals surface area contributed by atoms with Gasteiger partial charge >= 0.3 is 0 Å². The summed E-state index contributed by atoms with van der Waals surface area (Å²) in [6.07, 6.45) is 8.85. The maximum atomic E-state index is 13.5. The fraction of sp³-hybridized carbons (Fsp3) is 0.115. The van der Waals surface area contributed by atoms with Gasteiger partial charge in [-0.3, -0.25) is 19.6 Å². The van der Waals surface area contributed by atoms with Gasteiger partial charge in [0.25, 0.3) is 5.56 Å². The van der Waals surface area contributed by atoms with Crippen LogP contribution in [-0.4, -0.2) is 48.1 Å². The molecule has 0 radical (unpaired) electrons. The second-order valence-electron chi connectivity index (χ2n) is 8.80. The minimum absolute atomic E-state index is 0.195. The third-order valence-corrected chi connectivity index (χ3v) is 6.64. The number of benzene rings is 2. The van der Waals surface area contributed by atoms with E-state index in [4.69, 9.17) is 15.5 Å². The summed E-state index contributed by atoms with van der Waals surface area (Å²) in [4.78, 5) is 25.4. The third kappa shape index (κ3) is 3.12. The number of nitrogens with zero attached hydrogens (tertiary/aromatic N) is 5. The van der Waals surface area contributed by atoms with Crippen molar-refractivity contribution in [1.29, 1.82) is 0 Å². The van der Waals surface area contributed by atoms with E-state index in [-0.39, 0.29) is 11.6 Å². The molecule has 0 saturated carbocycles. The first kappa shape index (κ1) is 20.5. The van der Waals surface area contributed by atoms with E-state index >= 15 is 0 Å². The van der Waals surface area contributed by atoms with Crippen molar-refractivity contribution in [2.75, 3.05) is 18.9 Å². The number of hydrogen-bond donors (Lipinski definition) is 3. The van der Waals surface area contributed by atoms with Crippen LogP contribution in [-0.2, 0) is 4.74 Å². The van der Waals surface area contributed by atoms with E-state index in [1.54, 1.807) is 30.9 Å². The summed E-state index contributed by atoms with van der Waals surface area (Å²) in [5.41, 5.74) is 12.0. The zero-order valence-electron chi connectivity index (χ0n) is 19.0. The van der Waals surface area contributed by atoms with Crippen LogP contribution in [0.3, 0.4) is 0 Å². The van der Waals surface area contributed by atoms with Gasteiger partial charge < -0.3 is 15.5 Å². The summed E-state index contributed by atoms with van der Waals surface area (Å²) >= 11 is 0. The lowest BCUT2D eigenvalue weighted by Gasteiger charge is -2.25. The van der Waals surface area contributed by atoms with Crippen LogP contribution in [0.5, 0.6) is 0 Å². The number of aromatic amines is 2. The van der Waals surface area contributed by atoms with E-state index in [2.05, 4.69) is 25.3 Å². The molecule has 0 bridgehead atoms. The Labute approximate surface area is 203 Å². The maximum Gasteiger partial charge on any atom is 0.261 e. The van der Waals surface area contributed by atoms with Gasteiger partial charge in [-0.05, 0) is 29.8 Å². The predicted octanol–water partition coefficient (Wildman–Crippen LogP) is 3.55. The number of anilines is 1. The molecule has 0 aliphatic carbocycles. The van der Waals surface area contributed by atoms with Crippen molar-refractivity contribution < 1.29 is 4.74 Å². The number of nitrogens with one attached hydrogen (secondary N) is 2. The van der Waals surface area contributed by atoms with E-state index in [9.17, 15) is 4.79 Å². The van der Waals surface area contributed by atoms with Crippen LogP contribution in [0.2, 0.25) is 0 Å². The molecule has 1 saturated heterocycles. The number of nitrogen functional groups attached to an aromatic ring is 1. The first-order chi connectivity index (χ1) is 17.7. The highest BCUT2D eigenvalue weighted by molar-refractivity contribution is 6.09.